The highest BCUT2D eigenvalue weighted by molar-refractivity contribution is 7.89. The summed E-state index contributed by atoms with van der Waals surface area (Å²) >= 11 is 6.79. The number of benzene rings is 1. The number of hydrogen-bond acceptors (Lipinski definition) is 5. The van der Waals surface area contributed by atoms with Gasteiger partial charge in [0, 0.05) is 24.7 Å². The average Bonchev–Trinajstić information content (AvgIpc) is 3.14. The number of halogens is 4. The number of hydrogen-bond donors (Lipinski definition) is 1. The highest BCUT2D eigenvalue weighted by Gasteiger charge is 2.37. The molecule has 0 bridgehead atoms. The Hall–Kier alpha value is -1.69. The Labute approximate surface area is 168 Å². The molecule has 0 saturated carbocycles. The lowest BCUT2D eigenvalue weighted by atomic mass is 9.99. The third-order valence-electron chi connectivity index (χ3n) is 4.30. The van der Waals surface area contributed by atoms with E-state index in [4.69, 9.17) is 11.6 Å². The number of anilines is 1. The van der Waals surface area contributed by atoms with Crippen LogP contribution in [0.15, 0.2) is 34.7 Å². The maximum Gasteiger partial charge on any atom is 0.417 e. The van der Waals surface area contributed by atoms with Gasteiger partial charge in [-0.1, -0.05) is 11.6 Å². The fraction of sp³-hybridized carbons (Fsp3) is 0.375. The Morgan fingerprint density at radius 1 is 1.36 bits per heavy atom. The van der Waals surface area contributed by atoms with Crippen LogP contribution in [0.3, 0.4) is 0 Å². The summed E-state index contributed by atoms with van der Waals surface area (Å²) in [6.07, 6.45) is -2.37. The predicted molar refractivity (Wildman–Crippen MR) is 98.7 cm³/mol. The quantitative estimate of drug-likeness (QED) is 0.762. The first-order valence-electron chi connectivity index (χ1n) is 8.16. The Morgan fingerprint density at radius 2 is 2.11 bits per heavy atom. The molecule has 1 aliphatic rings. The number of alkyl halides is 3. The van der Waals surface area contributed by atoms with Crippen molar-refractivity contribution in [1.29, 1.82) is 0 Å². The highest BCUT2D eigenvalue weighted by atomic mass is 35.5. The topological polar surface area (TPSA) is 79.4 Å². The van der Waals surface area contributed by atoms with Crippen LogP contribution in [0.5, 0.6) is 0 Å². The second-order valence-corrected chi connectivity index (χ2v) is 9.41. The minimum Gasteiger partial charge on any atom is -0.302 e. The summed E-state index contributed by atoms with van der Waals surface area (Å²) in [6, 6.07) is 2.47. The molecule has 1 saturated heterocycles. The Kier molecular flexibility index (Phi) is 5.99. The van der Waals surface area contributed by atoms with Gasteiger partial charge in [-0.05, 0) is 31.0 Å². The van der Waals surface area contributed by atoms with Gasteiger partial charge in [0.05, 0.1) is 21.4 Å². The van der Waals surface area contributed by atoms with Crippen LogP contribution < -0.4 is 5.32 Å². The number of nitrogens with zero attached hydrogens (tertiary/aromatic N) is 2. The summed E-state index contributed by atoms with van der Waals surface area (Å²) in [4.78, 5) is 15.8. The summed E-state index contributed by atoms with van der Waals surface area (Å²) in [7, 11) is -4.21. The van der Waals surface area contributed by atoms with Crippen molar-refractivity contribution in [2.75, 3.05) is 18.4 Å². The monoisotopic (exact) mass is 453 g/mol. The van der Waals surface area contributed by atoms with Crippen molar-refractivity contribution >= 4 is 44.0 Å². The summed E-state index contributed by atoms with van der Waals surface area (Å²) in [5.41, 5.74) is -1.22. The molecule has 0 aliphatic carbocycles. The van der Waals surface area contributed by atoms with E-state index in [0.29, 0.717) is 24.0 Å². The minimum atomic E-state index is -4.78. The number of carbonyl (C=O) groups excluding carboxylic acids is 1. The number of carbonyl (C=O) groups is 1. The van der Waals surface area contributed by atoms with E-state index in [1.165, 1.54) is 17.5 Å². The van der Waals surface area contributed by atoms with Crippen LogP contribution >= 0.6 is 22.9 Å². The lowest BCUT2D eigenvalue weighted by Crippen LogP contribution is -2.43. The lowest BCUT2D eigenvalue weighted by Gasteiger charge is -2.31. The molecule has 1 aromatic carbocycles. The van der Waals surface area contributed by atoms with E-state index in [1.807, 2.05) is 0 Å². The molecule has 3 rings (SSSR count). The SMILES string of the molecule is O=C(Nc1nccs1)C1CCCN(S(=O)(=O)c2ccc(Cl)c(C(F)(F)F)c2)C1. The van der Waals surface area contributed by atoms with Crippen molar-refractivity contribution in [2.45, 2.75) is 23.9 Å². The third kappa shape index (κ3) is 4.48. The van der Waals surface area contributed by atoms with Crippen LogP contribution in [-0.2, 0) is 21.0 Å². The lowest BCUT2D eigenvalue weighted by molar-refractivity contribution is -0.137. The van der Waals surface area contributed by atoms with Crippen molar-refractivity contribution in [1.82, 2.24) is 9.29 Å². The first kappa shape index (κ1) is 21.0. The minimum absolute atomic E-state index is 0.118. The van der Waals surface area contributed by atoms with Crippen LogP contribution in [0, 0.1) is 5.92 Å². The molecule has 1 atom stereocenters. The van der Waals surface area contributed by atoms with E-state index >= 15 is 0 Å². The molecule has 1 unspecified atom stereocenters. The first-order chi connectivity index (χ1) is 13.1. The van der Waals surface area contributed by atoms with Crippen LogP contribution in [0.25, 0.3) is 0 Å². The van der Waals surface area contributed by atoms with Crippen molar-refractivity contribution in [2.24, 2.45) is 5.92 Å². The molecular formula is C16H15ClF3N3O3S2. The van der Waals surface area contributed by atoms with Crippen molar-refractivity contribution < 1.29 is 26.4 Å². The first-order valence-corrected chi connectivity index (χ1v) is 10.9. The molecule has 12 heteroatoms. The molecule has 0 radical (unpaired) electrons. The van der Waals surface area contributed by atoms with Gasteiger partial charge in [-0.15, -0.1) is 11.3 Å². The standard InChI is InChI=1S/C16H15ClF3N3O3S2/c17-13-4-3-11(8-12(13)16(18,19)20)28(25,26)23-6-1-2-10(9-23)14(24)22-15-21-5-7-27-15/h3-5,7-8,10H,1-2,6,9H2,(H,21,22,24). The second kappa shape index (κ2) is 7.97. The Balaban J connectivity index is 1.81. The number of sulfonamides is 1. The second-order valence-electron chi connectivity index (χ2n) is 6.17. The number of piperidine rings is 1. The van der Waals surface area contributed by atoms with Crippen LogP contribution in [0.2, 0.25) is 5.02 Å². The fourth-order valence-electron chi connectivity index (χ4n) is 2.90. The maximum atomic E-state index is 13.1. The van der Waals surface area contributed by atoms with Crippen LogP contribution in [0.4, 0.5) is 18.3 Å². The molecule has 1 aromatic heterocycles. The van der Waals surface area contributed by atoms with Gasteiger partial charge >= 0.3 is 6.18 Å². The number of rotatable bonds is 4. The van der Waals surface area contributed by atoms with E-state index < -0.39 is 37.6 Å². The largest absolute Gasteiger partial charge is 0.417 e. The van der Waals surface area contributed by atoms with Gasteiger partial charge in [-0.2, -0.15) is 17.5 Å². The zero-order chi connectivity index (χ0) is 20.5. The number of thiazole rings is 1. The molecule has 1 amide bonds. The Bertz CT molecular complexity index is 965. The molecule has 2 aromatic rings. The molecule has 28 heavy (non-hydrogen) atoms. The molecular weight excluding hydrogens is 439 g/mol. The van der Waals surface area contributed by atoms with Gasteiger partial charge in [0.2, 0.25) is 15.9 Å². The van der Waals surface area contributed by atoms with Crippen molar-refractivity contribution in [3.05, 3.63) is 40.4 Å². The van der Waals surface area contributed by atoms with E-state index in [2.05, 4.69) is 10.3 Å². The predicted octanol–water partition coefficient (Wildman–Crippen LogP) is 3.85. The number of nitrogens with one attached hydrogen (secondary N) is 1. The molecule has 2 heterocycles. The number of aromatic nitrogens is 1. The third-order valence-corrected chi connectivity index (χ3v) is 7.18. The van der Waals surface area contributed by atoms with Gasteiger partial charge < -0.3 is 5.32 Å². The smallest absolute Gasteiger partial charge is 0.302 e. The maximum absolute atomic E-state index is 13.1. The molecule has 1 aliphatic heterocycles. The molecule has 6 nitrogen and oxygen atoms in total. The van der Waals surface area contributed by atoms with Gasteiger partial charge in [-0.3, -0.25) is 4.79 Å². The summed E-state index contributed by atoms with van der Waals surface area (Å²) < 4.78 is 65.9. The molecule has 152 valence electrons. The summed E-state index contributed by atoms with van der Waals surface area (Å²) in [5, 5.41) is 4.13. The molecule has 0 spiro atoms. The number of amides is 1. The van der Waals surface area contributed by atoms with Gasteiger partial charge in [0.1, 0.15) is 0 Å². The van der Waals surface area contributed by atoms with Crippen LogP contribution in [0.1, 0.15) is 18.4 Å². The van der Waals surface area contributed by atoms with E-state index in [-0.39, 0.29) is 19.0 Å². The van der Waals surface area contributed by atoms with Gasteiger partial charge in [0.25, 0.3) is 0 Å². The zero-order valence-electron chi connectivity index (χ0n) is 14.2. The normalized spacial score (nSPS) is 18.8. The van der Waals surface area contributed by atoms with Gasteiger partial charge in [-0.25, -0.2) is 13.4 Å². The Morgan fingerprint density at radius 3 is 2.75 bits per heavy atom. The summed E-state index contributed by atoms with van der Waals surface area (Å²) in [5.74, 6) is -0.997. The zero-order valence-corrected chi connectivity index (χ0v) is 16.6. The van der Waals surface area contributed by atoms with Crippen LogP contribution in [-0.4, -0.2) is 36.7 Å². The van der Waals surface area contributed by atoms with Gasteiger partial charge in [0.15, 0.2) is 5.13 Å². The molecule has 1 N–H and O–H groups in total. The van der Waals surface area contributed by atoms with E-state index in [0.717, 1.165) is 16.4 Å². The van der Waals surface area contributed by atoms with E-state index in [9.17, 15) is 26.4 Å². The fourth-order valence-corrected chi connectivity index (χ4v) is 5.21. The van der Waals surface area contributed by atoms with Crippen molar-refractivity contribution in [3.8, 4) is 0 Å². The van der Waals surface area contributed by atoms with E-state index in [1.54, 1.807) is 5.38 Å². The van der Waals surface area contributed by atoms with Crippen molar-refractivity contribution in [3.63, 3.8) is 0 Å². The molecule has 1 fully saturated rings. The highest BCUT2D eigenvalue weighted by Crippen LogP contribution is 2.37. The average molecular weight is 454 g/mol. The summed E-state index contributed by atoms with van der Waals surface area (Å²) in [6.45, 7) is -0.00311.